The van der Waals surface area contributed by atoms with Gasteiger partial charge in [0.25, 0.3) is 5.91 Å². The van der Waals surface area contributed by atoms with Crippen molar-refractivity contribution in [2.24, 2.45) is 0 Å². The van der Waals surface area contributed by atoms with Crippen molar-refractivity contribution in [3.8, 4) is 0 Å². The van der Waals surface area contributed by atoms with Crippen LogP contribution in [0.1, 0.15) is 36.7 Å². The molecule has 0 aliphatic rings. The van der Waals surface area contributed by atoms with Gasteiger partial charge in [0.15, 0.2) is 0 Å². The number of carbonyl (C=O) groups is 1. The third-order valence-electron chi connectivity index (χ3n) is 4.17. The summed E-state index contributed by atoms with van der Waals surface area (Å²) in [7, 11) is -3.63. The molecule has 2 aromatic rings. The van der Waals surface area contributed by atoms with Crippen LogP contribution in [0.5, 0.6) is 0 Å². The number of sulfonamides is 1. The van der Waals surface area contributed by atoms with Crippen molar-refractivity contribution in [1.29, 1.82) is 0 Å². The van der Waals surface area contributed by atoms with E-state index >= 15 is 0 Å². The monoisotopic (exact) mass is 438 g/mol. The van der Waals surface area contributed by atoms with Crippen molar-refractivity contribution < 1.29 is 13.2 Å². The predicted molar refractivity (Wildman–Crippen MR) is 108 cm³/mol. The summed E-state index contributed by atoms with van der Waals surface area (Å²) < 4.78 is 27.3. The Morgan fingerprint density at radius 2 is 1.73 bits per heavy atom. The lowest BCUT2D eigenvalue weighted by atomic mass is 10.1. The zero-order valence-corrected chi connectivity index (χ0v) is 17.5. The van der Waals surface area contributed by atoms with Gasteiger partial charge in [0.05, 0.1) is 10.5 Å². The van der Waals surface area contributed by atoms with E-state index in [-0.39, 0.29) is 16.4 Å². The summed E-state index contributed by atoms with van der Waals surface area (Å²) in [6, 6.07) is 12.1. The zero-order valence-electron chi connectivity index (χ0n) is 15.1. The maximum Gasteiger partial charge on any atom is 0.256 e. The molecule has 0 spiro atoms. The second-order valence-electron chi connectivity index (χ2n) is 5.70. The molecule has 0 aliphatic heterocycles. The predicted octanol–water partition coefficient (Wildman–Crippen LogP) is 4.29. The maximum atomic E-state index is 12.7. The smallest absolute Gasteiger partial charge is 0.256 e. The van der Waals surface area contributed by atoms with Crippen LogP contribution in [0.4, 0.5) is 5.69 Å². The highest BCUT2D eigenvalue weighted by Gasteiger charge is 2.24. The highest BCUT2D eigenvalue weighted by Crippen LogP contribution is 2.25. The second-order valence-corrected chi connectivity index (χ2v) is 8.49. The van der Waals surface area contributed by atoms with E-state index in [1.165, 1.54) is 16.4 Å². The van der Waals surface area contributed by atoms with E-state index in [1.807, 2.05) is 31.2 Å². The van der Waals surface area contributed by atoms with Crippen molar-refractivity contribution >= 4 is 37.5 Å². The van der Waals surface area contributed by atoms with Gasteiger partial charge in [-0.3, -0.25) is 4.79 Å². The Balaban J connectivity index is 2.39. The van der Waals surface area contributed by atoms with E-state index in [9.17, 15) is 13.2 Å². The molecular formula is C19H23BrN2O3S. The summed E-state index contributed by atoms with van der Waals surface area (Å²) in [5, 5.41) is 2.88. The first-order valence-electron chi connectivity index (χ1n) is 8.54. The molecule has 0 unspecified atom stereocenters. The molecule has 0 atom stereocenters. The lowest BCUT2D eigenvalue weighted by Gasteiger charge is -2.19. The van der Waals surface area contributed by atoms with Crippen LogP contribution in [0.2, 0.25) is 0 Å². The molecule has 2 rings (SSSR count). The first kappa shape index (κ1) is 20.6. The van der Waals surface area contributed by atoms with Gasteiger partial charge in [-0.2, -0.15) is 4.31 Å². The van der Waals surface area contributed by atoms with Crippen LogP contribution in [0.25, 0.3) is 0 Å². The third-order valence-corrected chi connectivity index (χ3v) is 6.91. The molecule has 140 valence electrons. The van der Waals surface area contributed by atoms with E-state index < -0.39 is 10.0 Å². The summed E-state index contributed by atoms with van der Waals surface area (Å²) in [5.74, 6) is -0.352. The van der Waals surface area contributed by atoms with Crippen LogP contribution in [0, 0.1) is 0 Å². The average molecular weight is 439 g/mol. The lowest BCUT2D eigenvalue weighted by molar-refractivity contribution is 0.102. The number of anilines is 1. The lowest BCUT2D eigenvalue weighted by Crippen LogP contribution is -2.30. The molecule has 0 fully saturated rings. The molecule has 0 aliphatic carbocycles. The first-order chi connectivity index (χ1) is 12.3. The van der Waals surface area contributed by atoms with Crippen molar-refractivity contribution in [2.75, 3.05) is 18.4 Å². The van der Waals surface area contributed by atoms with Crippen molar-refractivity contribution in [2.45, 2.75) is 32.1 Å². The van der Waals surface area contributed by atoms with Crippen LogP contribution in [-0.4, -0.2) is 31.7 Å². The second kappa shape index (κ2) is 8.79. The summed E-state index contributed by atoms with van der Waals surface area (Å²) >= 11 is 3.35. The van der Waals surface area contributed by atoms with Crippen molar-refractivity contribution in [1.82, 2.24) is 4.31 Å². The Labute approximate surface area is 163 Å². The standard InChI is InChI=1S/C19H23BrN2O3S/c1-4-14-9-7-8-10-18(14)21-19(23)16-13-15(11-12-17(16)20)26(24,25)22(5-2)6-3/h7-13H,4-6H2,1-3H3,(H,21,23). The number of nitrogens with one attached hydrogen (secondary N) is 1. The molecule has 26 heavy (non-hydrogen) atoms. The number of rotatable bonds is 7. The number of benzene rings is 2. The largest absolute Gasteiger partial charge is 0.322 e. The molecule has 0 saturated carbocycles. The normalized spacial score (nSPS) is 11.6. The number of halogens is 1. The van der Waals surface area contributed by atoms with Gasteiger partial charge in [-0.05, 0) is 52.2 Å². The SMILES string of the molecule is CCc1ccccc1NC(=O)c1cc(S(=O)(=O)N(CC)CC)ccc1Br. The number of nitrogens with zero attached hydrogens (tertiary/aromatic N) is 1. The summed E-state index contributed by atoms with van der Waals surface area (Å²) in [6.45, 7) is 6.34. The molecule has 1 N–H and O–H groups in total. The van der Waals surface area contributed by atoms with Gasteiger partial charge >= 0.3 is 0 Å². The Morgan fingerprint density at radius 1 is 1.08 bits per heavy atom. The van der Waals surface area contributed by atoms with Crippen molar-refractivity contribution in [3.05, 3.63) is 58.1 Å². The first-order valence-corrected chi connectivity index (χ1v) is 10.8. The van der Waals surface area contributed by atoms with Gasteiger partial charge in [0, 0.05) is 23.2 Å². The van der Waals surface area contributed by atoms with Gasteiger partial charge in [-0.15, -0.1) is 0 Å². The minimum atomic E-state index is -3.63. The van der Waals surface area contributed by atoms with E-state index in [0.29, 0.717) is 17.6 Å². The molecule has 0 heterocycles. The quantitative estimate of drug-likeness (QED) is 0.700. The summed E-state index contributed by atoms with van der Waals surface area (Å²) in [6.07, 6.45) is 0.786. The fourth-order valence-corrected chi connectivity index (χ4v) is 4.60. The molecule has 0 bridgehead atoms. The fraction of sp³-hybridized carbons (Fsp3) is 0.316. The molecule has 2 aromatic carbocycles. The topological polar surface area (TPSA) is 66.5 Å². The highest BCUT2D eigenvalue weighted by atomic mass is 79.9. The van der Waals surface area contributed by atoms with E-state index in [2.05, 4.69) is 21.2 Å². The number of aryl methyl sites for hydroxylation is 1. The van der Waals surface area contributed by atoms with E-state index in [4.69, 9.17) is 0 Å². The Hall–Kier alpha value is -1.70. The number of para-hydroxylation sites is 1. The molecule has 5 nitrogen and oxygen atoms in total. The molecule has 0 saturated heterocycles. The zero-order chi connectivity index (χ0) is 19.3. The summed E-state index contributed by atoms with van der Waals surface area (Å²) in [5.41, 5.74) is 2.02. The van der Waals surface area contributed by atoms with E-state index in [1.54, 1.807) is 19.9 Å². The Kier molecular flexibility index (Phi) is 6.97. The van der Waals surface area contributed by atoms with Crippen LogP contribution in [-0.2, 0) is 16.4 Å². The number of hydrogen-bond donors (Lipinski definition) is 1. The fourth-order valence-electron chi connectivity index (χ4n) is 2.69. The molecule has 7 heteroatoms. The van der Waals surface area contributed by atoms with Gasteiger partial charge in [0.1, 0.15) is 0 Å². The van der Waals surface area contributed by atoms with Crippen LogP contribution in [0.3, 0.4) is 0 Å². The Morgan fingerprint density at radius 3 is 2.35 bits per heavy atom. The van der Waals surface area contributed by atoms with E-state index in [0.717, 1.165) is 17.7 Å². The Bertz CT molecular complexity index is 893. The molecule has 0 aromatic heterocycles. The average Bonchev–Trinajstić information content (AvgIpc) is 2.63. The van der Waals surface area contributed by atoms with Crippen molar-refractivity contribution in [3.63, 3.8) is 0 Å². The van der Waals surface area contributed by atoms with Crippen LogP contribution < -0.4 is 5.32 Å². The highest BCUT2D eigenvalue weighted by molar-refractivity contribution is 9.10. The number of amides is 1. The molecular weight excluding hydrogens is 416 g/mol. The van der Waals surface area contributed by atoms with Gasteiger partial charge in [-0.25, -0.2) is 8.42 Å². The number of hydrogen-bond acceptors (Lipinski definition) is 3. The van der Waals surface area contributed by atoms with Gasteiger partial charge < -0.3 is 5.32 Å². The third kappa shape index (κ3) is 4.34. The van der Waals surface area contributed by atoms with Gasteiger partial charge in [0.2, 0.25) is 10.0 Å². The van der Waals surface area contributed by atoms with Crippen LogP contribution >= 0.6 is 15.9 Å². The number of carbonyl (C=O) groups excluding carboxylic acids is 1. The minimum Gasteiger partial charge on any atom is -0.322 e. The maximum absolute atomic E-state index is 12.7. The molecule has 0 radical (unpaired) electrons. The summed E-state index contributed by atoms with van der Waals surface area (Å²) in [4.78, 5) is 12.9. The van der Waals surface area contributed by atoms with Crippen LogP contribution in [0.15, 0.2) is 51.8 Å². The molecule has 1 amide bonds. The minimum absolute atomic E-state index is 0.110. The van der Waals surface area contributed by atoms with Gasteiger partial charge in [-0.1, -0.05) is 39.0 Å².